The number of hydrogen-bond acceptors (Lipinski definition) is 4. The highest BCUT2D eigenvalue weighted by molar-refractivity contribution is 5.94. The van der Waals surface area contributed by atoms with Crippen molar-refractivity contribution in [2.75, 3.05) is 12.5 Å². The monoisotopic (exact) mass is 285 g/mol. The number of halogens is 2. The van der Waals surface area contributed by atoms with Crippen LogP contribution in [-0.2, 0) is 4.74 Å². The van der Waals surface area contributed by atoms with Gasteiger partial charge < -0.3 is 15.5 Å². The molecule has 0 heterocycles. The largest absolute Gasteiger partial charge is 0.379 e. The molecule has 0 radical (unpaired) electrons. The first-order valence-corrected chi connectivity index (χ1v) is 6.36. The molecule has 0 bridgehead atoms. The van der Waals surface area contributed by atoms with Crippen molar-refractivity contribution >= 4 is 11.6 Å². The third-order valence-electron chi connectivity index (χ3n) is 3.52. The Morgan fingerprint density at radius 1 is 1.35 bits per heavy atom. The van der Waals surface area contributed by atoms with Crippen LogP contribution < -0.4 is 16.6 Å². The number of anilines is 1. The highest BCUT2D eigenvalue weighted by Crippen LogP contribution is 2.23. The molecule has 1 saturated carbocycles. The molecule has 5 nitrogen and oxygen atoms in total. The standard InChI is InChI=1S/C13H17F2N3O2/c1-20-11-4-2-3-10(11)17-13(19)7-5-8(14)12(18-16)9(15)6-7/h5-6,10-11,18H,2-4,16H2,1H3,(H,17,19). The van der Waals surface area contributed by atoms with Crippen LogP contribution in [0, 0.1) is 11.6 Å². The van der Waals surface area contributed by atoms with Crippen LogP contribution in [0.25, 0.3) is 0 Å². The van der Waals surface area contributed by atoms with Crippen molar-refractivity contribution in [2.24, 2.45) is 5.84 Å². The van der Waals surface area contributed by atoms with E-state index in [1.807, 2.05) is 5.43 Å². The number of hydrazine groups is 1. The predicted octanol–water partition coefficient (Wildman–Crippen LogP) is 1.55. The molecular formula is C13H17F2N3O2. The number of carbonyl (C=O) groups excluding carboxylic acids is 1. The van der Waals surface area contributed by atoms with E-state index in [1.54, 1.807) is 7.11 Å². The van der Waals surface area contributed by atoms with Crippen molar-refractivity contribution in [2.45, 2.75) is 31.4 Å². The molecule has 1 aromatic rings. The Kier molecular flexibility index (Phi) is 4.51. The van der Waals surface area contributed by atoms with E-state index < -0.39 is 23.2 Å². The van der Waals surface area contributed by atoms with Crippen LogP contribution in [0.3, 0.4) is 0 Å². The Morgan fingerprint density at radius 2 is 2.00 bits per heavy atom. The highest BCUT2D eigenvalue weighted by Gasteiger charge is 2.29. The summed E-state index contributed by atoms with van der Waals surface area (Å²) in [5.41, 5.74) is 1.37. The van der Waals surface area contributed by atoms with Crippen LogP contribution in [-0.4, -0.2) is 25.2 Å². The topological polar surface area (TPSA) is 76.4 Å². The molecule has 1 aliphatic rings. The molecule has 0 spiro atoms. The second-order valence-electron chi connectivity index (χ2n) is 4.74. The van der Waals surface area contributed by atoms with Gasteiger partial charge in [-0.3, -0.25) is 10.6 Å². The fraction of sp³-hybridized carbons (Fsp3) is 0.462. The first-order chi connectivity index (χ1) is 9.56. The molecule has 1 aliphatic carbocycles. The number of amides is 1. The molecule has 2 atom stereocenters. The summed E-state index contributed by atoms with van der Waals surface area (Å²) in [6.45, 7) is 0. The lowest BCUT2D eigenvalue weighted by Gasteiger charge is -2.19. The lowest BCUT2D eigenvalue weighted by Crippen LogP contribution is -2.40. The van der Waals surface area contributed by atoms with E-state index in [-0.39, 0.29) is 17.7 Å². The van der Waals surface area contributed by atoms with Crippen LogP contribution in [0.2, 0.25) is 0 Å². The maximum atomic E-state index is 13.5. The third-order valence-corrected chi connectivity index (χ3v) is 3.52. The molecule has 0 aromatic heterocycles. The number of hydrogen-bond donors (Lipinski definition) is 3. The van der Waals surface area contributed by atoms with Crippen LogP contribution in [0.4, 0.5) is 14.5 Å². The molecule has 1 fully saturated rings. The van der Waals surface area contributed by atoms with Gasteiger partial charge in [0, 0.05) is 12.7 Å². The summed E-state index contributed by atoms with van der Waals surface area (Å²) in [5.74, 6) is 2.65. The van der Waals surface area contributed by atoms with Crippen molar-refractivity contribution in [3.63, 3.8) is 0 Å². The Labute approximate surface area is 115 Å². The van der Waals surface area contributed by atoms with E-state index in [2.05, 4.69) is 5.32 Å². The van der Waals surface area contributed by atoms with E-state index in [0.29, 0.717) is 0 Å². The van der Waals surface area contributed by atoms with Crippen molar-refractivity contribution in [1.82, 2.24) is 5.32 Å². The van der Waals surface area contributed by atoms with E-state index in [4.69, 9.17) is 10.6 Å². The molecule has 1 aromatic carbocycles. The van der Waals surface area contributed by atoms with E-state index >= 15 is 0 Å². The first kappa shape index (κ1) is 14.7. The number of benzene rings is 1. The fourth-order valence-electron chi connectivity index (χ4n) is 2.47. The molecule has 2 rings (SSSR count). The van der Waals surface area contributed by atoms with Gasteiger partial charge in [0.15, 0.2) is 11.6 Å². The van der Waals surface area contributed by atoms with Gasteiger partial charge in [0.2, 0.25) is 0 Å². The number of carbonyl (C=O) groups is 1. The van der Waals surface area contributed by atoms with Crippen LogP contribution in [0.1, 0.15) is 29.6 Å². The van der Waals surface area contributed by atoms with Gasteiger partial charge in [-0.15, -0.1) is 0 Å². The van der Waals surface area contributed by atoms with Crippen molar-refractivity contribution < 1.29 is 18.3 Å². The average Bonchev–Trinajstić information content (AvgIpc) is 2.85. The van der Waals surface area contributed by atoms with E-state index in [1.165, 1.54) is 0 Å². The molecule has 110 valence electrons. The quantitative estimate of drug-likeness (QED) is 0.579. The number of nitrogen functional groups attached to an aromatic ring is 1. The van der Waals surface area contributed by atoms with E-state index in [0.717, 1.165) is 31.4 Å². The minimum atomic E-state index is -0.910. The Hall–Kier alpha value is -1.73. The summed E-state index contributed by atoms with van der Waals surface area (Å²) in [5, 5.41) is 2.74. The van der Waals surface area contributed by atoms with Crippen molar-refractivity contribution in [1.29, 1.82) is 0 Å². The molecule has 20 heavy (non-hydrogen) atoms. The second-order valence-corrected chi connectivity index (χ2v) is 4.74. The Bertz CT molecular complexity index is 487. The maximum absolute atomic E-state index is 13.5. The van der Waals surface area contributed by atoms with Gasteiger partial charge in [-0.25, -0.2) is 8.78 Å². The molecule has 2 unspecified atom stereocenters. The van der Waals surface area contributed by atoms with Gasteiger partial charge in [0.1, 0.15) is 5.69 Å². The molecule has 0 saturated heterocycles. The minimum Gasteiger partial charge on any atom is -0.379 e. The average molecular weight is 285 g/mol. The number of methoxy groups -OCH3 is 1. The van der Waals surface area contributed by atoms with Gasteiger partial charge in [0.05, 0.1) is 12.1 Å². The zero-order chi connectivity index (χ0) is 14.7. The number of nitrogens with two attached hydrogens (primary N) is 1. The van der Waals surface area contributed by atoms with Crippen LogP contribution in [0.5, 0.6) is 0 Å². The predicted molar refractivity (Wildman–Crippen MR) is 70.1 cm³/mol. The van der Waals surface area contributed by atoms with Gasteiger partial charge in [0.25, 0.3) is 5.91 Å². The summed E-state index contributed by atoms with van der Waals surface area (Å²) < 4.78 is 32.3. The second kappa shape index (κ2) is 6.15. The summed E-state index contributed by atoms with van der Waals surface area (Å²) in [6.07, 6.45) is 2.54. The summed E-state index contributed by atoms with van der Waals surface area (Å²) in [4.78, 5) is 12.0. The molecule has 7 heteroatoms. The lowest BCUT2D eigenvalue weighted by atomic mass is 10.1. The number of ether oxygens (including phenoxy) is 1. The van der Waals surface area contributed by atoms with Gasteiger partial charge in [-0.1, -0.05) is 0 Å². The molecular weight excluding hydrogens is 268 g/mol. The van der Waals surface area contributed by atoms with Crippen molar-refractivity contribution in [3.05, 3.63) is 29.3 Å². The van der Waals surface area contributed by atoms with Crippen molar-refractivity contribution in [3.8, 4) is 0 Å². The Morgan fingerprint density at radius 3 is 2.55 bits per heavy atom. The fourth-order valence-corrected chi connectivity index (χ4v) is 2.47. The smallest absolute Gasteiger partial charge is 0.251 e. The molecule has 1 amide bonds. The first-order valence-electron chi connectivity index (χ1n) is 6.36. The van der Waals surface area contributed by atoms with Crippen LogP contribution >= 0.6 is 0 Å². The zero-order valence-electron chi connectivity index (χ0n) is 11.1. The normalized spacial score (nSPS) is 21.8. The number of nitrogens with one attached hydrogen (secondary N) is 2. The SMILES string of the molecule is COC1CCCC1NC(=O)c1cc(F)c(NN)c(F)c1. The third kappa shape index (κ3) is 2.88. The summed E-state index contributed by atoms with van der Waals surface area (Å²) in [7, 11) is 1.58. The van der Waals surface area contributed by atoms with Gasteiger partial charge in [-0.2, -0.15) is 0 Å². The lowest BCUT2D eigenvalue weighted by molar-refractivity contribution is 0.0722. The summed E-state index contributed by atoms with van der Waals surface area (Å²) >= 11 is 0. The molecule has 4 N–H and O–H groups in total. The van der Waals surface area contributed by atoms with Gasteiger partial charge >= 0.3 is 0 Å². The molecule has 0 aliphatic heterocycles. The maximum Gasteiger partial charge on any atom is 0.251 e. The zero-order valence-corrected chi connectivity index (χ0v) is 11.1. The minimum absolute atomic E-state index is 0.0568. The van der Waals surface area contributed by atoms with E-state index in [9.17, 15) is 13.6 Å². The highest BCUT2D eigenvalue weighted by atomic mass is 19.1. The Balaban J connectivity index is 2.13. The van der Waals surface area contributed by atoms with Crippen LogP contribution in [0.15, 0.2) is 12.1 Å². The number of rotatable bonds is 4. The summed E-state index contributed by atoms with van der Waals surface area (Å²) in [6, 6.07) is 1.76. The van der Waals surface area contributed by atoms with Gasteiger partial charge in [-0.05, 0) is 31.4 Å².